The Balaban J connectivity index is 1.88. The topological polar surface area (TPSA) is 90.2 Å². The Labute approximate surface area is 136 Å². The fourth-order valence-electron chi connectivity index (χ4n) is 2.77. The van der Waals surface area contributed by atoms with Crippen LogP contribution in [0.2, 0.25) is 5.02 Å². The van der Waals surface area contributed by atoms with Gasteiger partial charge in [-0.2, -0.15) is 0 Å². The van der Waals surface area contributed by atoms with Gasteiger partial charge in [-0.3, -0.25) is 9.69 Å². The minimum Gasteiger partial charge on any atom is -0.394 e. The predicted molar refractivity (Wildman–Crippen MR) is 82.9 cm³/mol. The standard InChI is InChI=1S/C14H16ClNO5S/c15-7-2-1-3-8(4-7)16-10(18)6-22-14(16)13-12(20)11(19)9(5-17)21-13/h1-4,9,11-14,17,19-20H,5-6H2/t9-,11-,12+,13+,14+/m1/s1. The van der Waals surface area contributed by atoms with Crippen LogP contribution in [0.5, 0.6) is 0 Å². The first-order chi connectivity index (χ1) is 10.5. The molecule has 3 rings (SSSR count). The van der Waals surface area contributed by atoms with Crippen LogP contribution < -0.4 is 4.90 Å². The molecule has 1 aromatic carbocycles. The third-order valence-corrected chi connectivity index (χ3v) is 5.32. The van der Waals surface area contributed by atoms with Crippen LogP contribution in [0.3, 0.4) is 0 Å². The lowest BCUT2D eigenvalue weighted by Crippen LogP contribution is -2.46. The van der Waals surface area contributed by atoms with Crippen molar-refractivity contribution in [2.24, 2.45) is 0 Å². The van der Waals surface area contributed by atoms with E-state index < -0.39 is 36.4 Å². The molecule has 2 heterocycles. The minimum absolute atomic E-state index is 0.116. The van der Waals surface area contributed by atoms with Gasteiger partial charge in [0.1, 0.15) is 29.8 Å². The molecule has 0 radical (unpaired) electrons. The van der Waals surface area contributed by atoms with E-state index in [4.69, 9.17) is 16.3 Å². The van der Waals surface area contributed by atoms with E-state index in [-0.39, 0.29) is 11.7 Å². The van der Waals surface area contributed by atoms with Crippen LogP contribution in [-0.2, 0) is 9.53 Å². The number of benzene rings is 1. The van der Waals surface area contributed by atoms with Crippen molar-refractivity contribution in [3.8, 4) is 0 Å². The predicted octanol–water partition coefficient (Wildman–Crippen LogP) is 0.227. The smallest absolute Gasteiger partial charge is 0.238 e. The van der Waals surface area contributed by atoms with Crippen molar-refractivity contribution in [3.05, 3.63) is 29.3 Å². The molecular weight excluding hydrogens is 330 g/mol. The number of carbonyl (C=O) groups excluding carboxylic acids is 1. The first-order valence-electron chi connectivity index (χ1n) is 6.84. The van der Waals surface area contributed by atoms with Crippen molar-refractivity contribution in [1.82, 2.24) is 0 Å². The molecule has 120 valence electrons. The largest absolute Gasteiger partial charge is 0.394 e. The molecule has 2 fully saturated rings. The molecule has 2 saturated heterocycles. The van der Waals surface area contributed by atoms with Gasteiger partial charge in [-0.15, -0.1) is 11.8 Å². The van der Waals surface area contributed by atoms with Crippen LogP contribution >= 0.6 is 23.4 Å². The highest BCUT2D eigenvalue weighted by Gasteiger charge is 2.50. The fraction of sp³-hybridized carbons (Fsp3) is 0.500. The molecule has 2 aliphatic rings. The van der Waals surface area contributed by atoms with Gasteiger partial charge in [-0.05, 0) is 18.2 Å². The SMILES string of the molecule is O=C1CS[C@@H]([C@H]2O[C@H](CO)[C@@H](O)[C@@H]2O)N1c1cccc(Cl)c1. The summed E-state index contributed by atoms with van der Waals surface area (Å²) in [7, 11) is 0. The lowest BCUT2D eigenvalue weighted by Gasteiger charge is -2.30. The highest BCUT2D eigenvalue weighted by Crippen LogP contribution is 2.38. The number of anilines is 1. The molecule has 2 aliphatic heterocycles. The number of nitrogens with zero attached hydrogens (tertiary/aromatic N) is 1. The third-order valence-electron chi connectivity index (χ3n) is 3.85. The van der Waals surface area contributed by atoms with Crippen LogP contribution in [-0.4, -0.2) is 63.4 Å². The van der Waals surface area contributed by atoms with Crippen LogP contribution in [0.4, 0.5) is 5.69 Å². The van der Waals surface area contributed by atoms with E-state index in [1.807, 2.05) is 0 Å². The number of aliphatic hydroxyl groups is 3. The van der Waals surface area contributed by atoms with Crippen molar-refractivity contribution in [2.45, 2.75) is 29.8 Å². The molecule has 0 saturated carbocycles. The maximum absolute atomic E-state index is 12.2. The zero-order valence-corrected chi connectivity index (χ0v) is 13.1. The first kappa shape index (κ1) is 16.0. The monoisotopic (exact) mass is 345 g/mol. The number of amides is 1. The second-order valence-corrected chi connectivity index (χ2v) is 6.79. The van der Waals surface area contributed by atoms with Gasteiger partial charge in [0.2, 0.25) is 5.91 Å². The Morgan fingerprint density at radius 3 is 2.77 bits per heavy atom. The van der Waals surface area contributed by atoms with Gasteiger partial charge in [-0.25, -0.2) is 0 Å². The van der Waals surface area contributed by atoms with Crippen LogP contribution in [0, 0.1) is 0 Å². The highest BCUT2D eigenvalue weighted by molar-refractivity contribution is 8.01. The summed E-state index contributed by atoms with van der Waals surface area (Å²) in [5.41, 5.74) is 0.616. The average molecular weight is 346 g/mol. The molecule has 0 unspecified atom stereocenters. The quantitative estimate of drug-likeness (QED) is 0.726. The fourth-order valence-corrected chi connectivity index (χ4v) is 4.21. The maximum Gasteiger partial charge on any atom is 0.238 e. The summed E-state index contributed by atoms with van der Waals surface area (Å²) in [6, 6.07) is 6.87. The normalized spacial score (nSPS) is 35.4. The number of ether oxygens (including phenoxy) is 1. The Morgan fingerprint density at radius 2 is 2.14 bits per heavy atom. The van der Waals surface area contributed by atoms with Gasteiger partial charge in [0.05, 0.1) is 12.4 Å². The summed E-state index contributed by atoms with van der Waals surface area (Å²) in [6.45, 7) is -0.392. The summed E-state index contributed by atoms with van der Waals surface area (Å²) in [5.74, 6) is 0.138. The summed E-state index contributed by atoms with van der Waals surface area (Å²) >= 11 is 7.31. The number of rotatable bonds is 3. The third kappa shape index (κ3) is 2.73. The molecule has 8 heteroatoms. The number of hydrogen-bond donors (Lipinski definition) is 3. The Kier molecular flexibility index (Phi) is 4.63. The summed E-state index contributed by atoms with van der Waals surface area (Å²) in [4.78, 5) is 13.7. The van der Waals surface area contributed by atoms with Gasteiger partial charge >= 0.3 is 0 Å². The van der Waals surface area contributed by atoms with Crippen molar-refractivity contribution in [3.63, 3.8) is 0 Å². The second kappa shape index (κ2) is 6.35. The van der Waals surface area contributed by atoms with Crippen molar-refractivity contribution < 1.29 is 24.9 Å². The van der Waals surface area contributed by atoms with Crippen LogP contribution in [0.25, 0.3) is 0 Å². The van der Waals surface area contributed by atoms with E-state index in [1.165, 1.54) is 16.7 Å². The van der Waals surface area contributed by atoms with E-state index in [0.717, 1.165) is 0 Å². The van der Waals surface area contributed by atoms with E-state index in [9.17, 15) is 20.1 Å². The van der Waals surface area contributed by atoms with Gasteiger partial charge in [0.15, 0.2) is 0 Å². The molecule has 22 heavy (non-hydrogen) atoms. The summed E-state index contributed by atoms with van der Waals surface area (Å²) in [6.07, 6.45) is -3.96. The van der Waals surface area contributed by atoms with Crippen molar-refractivity contribution >= 4 is 35.0 Å². The highest BCUT2D eigenvalue weighted by atomic mass is 35.5. The average Bonchev–Trinajstić information content (AvgIpc) is 3.01. The molecule has 0 spiro atoms. The summed E-state index contributed by atoms with van der Waals surface area (Å²) in [5, 5.41) is 29.3. The number of carbonyl (C=O) groups is 1. The molecule has 1 aromatic rings. The van der Waals surface area contributed by atoms with E-state index in [2.05, 4.69) is 0 Å². The van der Waals surface area contributed by atoms with Crippen molar-refractivity contribution in [1.29, 1.82) is 0 Å². The van der Waals surface area contributed by atoms with Gasteiger partial charge in [-0.1, -0.05) is 17.7 Å². The zero-order valence-electron chi connectivity index (χ0n) is 11.5. The van der Waals surface area contributed by atoms with E-state index >= 15 is 0 Å². The van der Waals surface area contributed by atoms with E-state index in [1.54, 1.807) is 24.3 Å². The number of aliphatic hydroxyl groups excluding tert-OH is 3. The number of hydrogen-bond acceptors (Lipinski definition) is 6. The van der Waals surface area contributed by atoms with Crippen LogP contribution in [0.15, 0.2) is 24.3 Å². The second-order valence-electron chi connectivity index (χ2n) is 5.25. The first-order valence-corrected chi connectivity index (χ1v) is 8.27. The number of thioether (sulfide) groups is 1. The Hall–Kier alpha value is -0.830. The Bertz CT molecular complexity index is 574. The summed E-state index contributed by atoms with van der Waals surface area (Å²) < 4.78 is 5.55. The van der Waals surface area contributed by atoms with Crippen molar-refractivity contribution in [2.75, 3.05) is 17.3 Å². The van der Waals surface area contributed by atoms with Gasteiger partial charge in [0, 0.05) is 10.7 Å². The molecule has 3 N–H and O–H groups in total. The van der Waals surface area contributed by atoms with E-state index in [0.29, 0.717) is 10.7 Å². The molecule has 1 amide bonds. The van der Waals surface area contributed by atoms with Gasteiger partial charge < -0.3 is 20.1 Å². The lowest BCUT2D eigenvalue weighted by atomic mass is 10.1. The molecule has 0 aromatic heterocycles. The molecule has 0 aliphatic carbocycles. The molecule has 0 bridgehead atoms. The zero-order chi connectivity index (χ0) is 15.9. The van der Waals surface area contributed by atoms with Crippen LogP contribution in [0.1, 0.15) is 0 Å². The molecule has 5 atom stereocenters. The minimum atomic E-state index is -1.17. The maximum atomic E-state index is 12.2. The van der Waals surface area contributed by atoms with Gasteiger partial charge in [0.25, 0.3) is 0 Å². The molecule has 6 nitrogen and oxygen atoms in total. The molecular formula is C14H16ClNO5S. The number of halogens is 1. The Morgan fingerprint density at radius 1 is 1.36 bits per heavy atom. The lowest BCUT2D eigenvalue weighted by molar-refractivity contribution is -0.116.